The maximum Gasteiger partial charge on any atom is 0.308 e. The van der Waals surface area contributed by atoms with E-state index in [1.165, 1.54) is 11.0 Å². The molecule has 1 aromatic rings. The summed E-state index contributed by atoms with van der Waals surface area (Å²) >= 11 is 0. The van der Waals surface area contributed by atoms with Crippen LogP contribution in [0.25, 0.3) is 0 Å². The maximum atomic E-state index is 13.9. The first-order chi connectivity index (χ1) is 11.9. The van der Waals surface area contributed by atoms with Crippen LogP contribution in [0.5, 0.6) is 0 Å². The van der Waals surface area contributed by atoms with Crippen LogP contribution in [0.1, 0.15) is 19.3 Å². The van der Waals surface area contributed by atoms with E-state index in [9.17, 15) is 23.2 Å². The van der Waals surface area contributed by atoms with Gasteiger partial charge in [-0.3, -0.25) is 14.4 Å². The molecule has 1 unspecified atom stereocenters. The highest BCUT2D eigenvalue weighted by atomic mass is 19.1. The second-order valence-corrected chi connectivity index (χ2v) is 6.46. The number of nitrogens with zero attached hydrogens (tertiary/aromatic N) is 2. The van der Waals surface area contributed by atoms with Gasteiger partial charge < -0.3 is 14.9 Å². The summed E-state index contributed by atoms with van der Waals surface area (Å²) in [4.78, 5) is 38.6. The number of carbonyl (C=O) groups excluding carboxylic acids is 2. The molecule has 1 aromatic carbocycles. The summed E-state index contributed by atoms with van der Waals surface area (Å²) in [5.41, 5.74) is -0.0521. The van der Waals surface area contributed by atoms with E-state index >= 15 is 0 Å². The van der Waals surface area contributed by atoms with Crippen molar-refractivity contribution in [2.24, 2.45) is 11.8 Å². The number of carboxylic acid groups (broad SMARTS) is 1. The van der Waals surface area contributed by atoms with Crippen molar-refractivity contribution in [3.63, 3.8) is 0 Å². The van der Waals surface area contributed by atoms with E-state index in [1.807, 2.05) is 0 Å². The van der Waals surface area contributed by atoms with Gasteiger partial charge in [0.25, 0.3) is 0 Å². The zero-order valence-corrected chi connectivity index (χ0v) is 13.5. The average molecular weight is 352 g/mol. The monoisotopic (exact) mass is 352 g/mol. The molecule has 2 heterocycles. The Morgan fingerprint density at radius 1 is 1.16 bits per heavy atom. The molecule has 2 atom stereocenters. The van der Waals surface area contributed by atoms with Gasteiger partial charge in [-0.2, -0.15) is 0 Å². The highest BCUT2D eigenvalue weighted by Gasteiger charge is 2.39. The Kier molecular flexibility index (Phi) is 4.69. The first-order valence-corrected chi connectivity index (χ1v) is 8.14. The van der Waals surface area contributed by atoms with Crippen molar-refractivity contribution >= 4 is 23.5 Å². The molecule has 2 amide bonds. The van der Waals surface area contributed by atoms with Gasteiger partial charge in [-0.1, -0.05) is 0 Å². The molecule has 134 valence electrons. The topological polar surface area (TPSA) is 77.9 Å². The molecule has 0 spiro atoms. The van der Waals surface area contributed by atoms with E-state index in [1.54, 1.807) is 0 Å². The number of hydrogen-bond donors (Lipinski definition) is 1. The Hall–Kier alpha value is -2.51. The highest BCUT2D eigenvalue weighted by molar-refractivity contribution is 6.00. The van der Waals surface area contributed by atoms with Crippen LogP contribution in [0.2, 0.25) is 0 Å². The van der Waals surface area contributed by atoms with Crippen molar-refractivity contribution in [2.45, 2.75) is 19.3 Å². The van der Waals surface area contributed by atoms with Gasteiger partial charge in [0, 0.05) is 32.1 Å². The quantitative estimate of drug-likeness (QED) is 0.897. The van der Waals surface area contributed by atoms with Crippen LogP contribution in [-0.2, 0) is 14.4 Å². The lowest BCUT2D eigenvalue weighted by atomic mass is 9.96. The molecule has 8 heteroatoms. The summed E-state index contributed by atoms with van der Waals surface area (Å²) in [5, 5.41) is 9.12. The molecular formula is C17H18F2N2O4. The van der Waals surface area contributed by atoms with Crippen LogP contribution >= 0.6 is 0 Å². The van der Waals surface area contributed by atoms with E-state index in [2.05, 4.69) is 0 Å². The molecule has 0 aliphatic carbocycles. The third kappa shape index (κ3) is 3.47. The number of anilines is 1. The number of amides is 2. The summed E-state index contributed by atoms with van der Waals surface area (Å²) in [6.07, 6.45) is 1.05. The van der Waals surface area contributed by atoms with Crippen molar-refractivity contribution in [3.05, 3.63) is 29.8 Å². The van der Waals surface area contributed by atoms with Crippen molar-refractivity contribution in [2.75, 3.05) is 24.5 Å². The fraction of sp³-hybridized carbons (Fsp3) is 0.471. The first-order valence-electron chi connectivity index (χ1n) is 8.14. The molecule has 0 radical (unpaired) electrons. The third-order valence-corrected chi connectivity index (χ3v) is 4.76. The Labute approximate surface area is 143 Å². The van der Waals surface area contributed by atoms with E-state index in [4.69, 9.17) is 5.11 Å². The Bertz CT molecular complexity index is 725. The predicted octanol–water partition coefficient (Wildman–Crippen LogP) is 1.64. The first kappa shape index (κ1) is 17.3. The van der Waals surface area contributed by atoms with Crippen LogP contribution in [0.3, 0.4) is 0 Å². The van der Waals surface area contributed by atoms with E-state index in [0.29, 0.717) is 25.5 Å². The van der Waals surface area contributed by atoms with Gasteiger partial charge in [-0.25, -0.2) is 8.78 Å². The number of piperidine rings is 1. The van der Waals surface area contributed by atoms with Gasteiger partial charge in [0.15, 0.2) is 0 Å². The number of likely N-dealkylation sites (tertiary alicyclic amines) is 1. The highest BCUT2D eigenvalue weighted by Crippen LogP contribution is 2.30. The largest absolute Gasteiger partial charge is 0.481 e. The number of aliphatic carboxylic acids is 1. The molecule has 2 aliphatic rings. The van der Waals surface area contributed by atoms with E-state index in [-0.39, 0.29) is 31.1 Å². The lowest BCUT2D eigenvalue weighted by molar-refractivity contribution is -0.146. The van der Waals surface area contributed by atoms with Crippen molar-refractivity contribution in [3.8, 4) is 0 Å². The molecule has 2 saturated heterocycles. The summed E-state index contributed by atoms with van der Waals surface area (Å²) in [6, 6.07) is 2.93. The normalized spacial score (nSPS) is 23.8. The minimum atomic E-state index is -0.935. The van der Waals surface area contributed by atoms with Crippen LogP contribution in [0, 0.1) is 23.5 Å². The van der Waals surface area contributed by atoms with Gasteiger partial charge in [0.1, 0.15) is 11.6 Å². The van der Waals surface area contributed by atoms with Crippen LogP contribution in [0.4, 0.5) is 14.5 Å². The number of carbonyl (C=O) groups is 3. The number of halogens is 2. The minimum Gasteiger partial charge on any atom is -0.481 e. The molecule has 2 aliphatic heterocycles. The Morgan fingerprint density at radius 2 is 1.92 bits per heavy atom. The SMILES string of the molecule is O=C(O)[C@H]1CCCN(C(=O)C2CC(=O)N(c3ccc(F)cc3F)C2)C1. The lowest BCUT2D eigenvalue weighted by Gasteiger charge is -2.32. The molecule has 3 rings (SSSR count). The zero-order chi connectivity index (χ0) is 18.1. The van der Waals surface area contributed by atoms with Gasteiger partial charge in [0.05, 0.1) is 17.5 Å². The molecule has 1 N–H and O–H groups in total. The van der Waals surface area contributed by atoms with Crippen LogP contribution in [-0.4, -0.2) is 47.4 Å². The maximum absolute atomic E-state index is 13.9. The molecule has 0 aromatic heterocycles. The zero-order valence-electron chi connectivity index (χ0n) is 13.5. The van der Waals surface area contributed by atoms with Crippen molar-refractivity contribution in [1.82, 2.24) is 4.90 Å². The molecule has 0 saturated carbocycles. The van der Waals surface area contributed by atoms with Gasteiger partial charge >= 0.3 is 5.97 Å². The lowest BCUT2D eigenvalue weighted by Crippen LogP contribution is -2.45. The molecule has 6 nitrogen and oxygen atoms in total. The summed E-state index contributed by atoms with van der Waals surface area (Å²) in [5.74, 6) is -4.47. The average Bonchev–Trinajstić information content (AvgIpc) is 2.96. The van der Waals surface area contributed by atoms with Crippen molar-refractivity contribution in [1.29, 1.82) is 0 Å². The van der Waals surface area contributed by atoms with E-state index < -0.39 is 35.3 Å². The fourth-order valence-corrected chi connectivity index (χ4v) is 3.44. The minimum absolute atomic E-state index is 0.00839. The Balaban J connectivity index is 1.71. The second kappa shape index (κ2) is 6.78. The van der Waals surface area contributed by atoms with Crippen LogP contribution in [0.15, 0.2) is 18.2 Å². The Morgan fingerprint density at radius 3 is 2.60 bits per heavy atom. The fourth-order valence-electron chi connectivity index (χ4n) is 3.44. The second-order valence-electron chi connectivity index (χ2n) is 6.46. The molecule has 2 fully saturated rings. The summed E-state index contributed by atoms with van der Waals surface area (Å²) in [6.45, 7) is 0.594. The molecule has 25 heavy (non-hydrogen) atoms. The van der Waals surface area contributed by atoms with Gasteiger partial charge in [0.2, 0.25) is 11.8 Å². The third-order valence-electron chi connectivity index (χ3n) is 4.76. The summed E-state index contributed by atoms with van der Waals surface area (Å²) in [7, 11) is 0. The van der Waals surface area contributed by atoms with Crippen LogP contribution < -0.4 is 4.90 Å². The summed E-state index contributed by atoms with van der Waals surface area (Å²) < 4.78 is 26.9. The smallest absolute Gasteiger partial charge is 0.308 e. The van der Waals surface area contributed by atoms with Crippen molar-refractivity contribution < 1.29 is 28.3 Å². The molecular weight excluding hydrogens is 334 g/mol. The number of benzene rings is 1. The van der Waals surface area contributed by atoms with Gasteiger partial charge in [-0.15, -0.1) is 0 Å². The number of hydrogen-bond acceptors (Lipinski definition) is 3. The number of rotatable bonds is 3. The van der Waals surface area contributed by atoms with Gasteiger partial charge in [-0.05, 0) is 25.0 Å². The standard InChI is InChI=1S/C17H18F2N2O4/c18-12-3-4-14(13(19)7-12)21-9-11(6-15(21)22)16(23)20-5-1-2-10(8-20)17(24)25/h3-4,7,10-11H,1-2,5-6,8-9H2,(H,24,25)/t10-,11?/m0/s1. The van der Waals surface area contributed by atoms with E-state index in [0.717, 1.165) is 11.0 Å². The number of carboxylic acids is 1. The molecule has 0 bridgehead atoms. The predicted molar refractivity (Wildman–Crippen MR) is 83.8 cm³/mol.